The summed E-state index contributed by atoms with van der Waals surface area (Å²) in [6.45, 7) is 20.0. The van der Waals surface area contributed by atoms with Crippen molar-refractivity contribution in [2.75, 3.05) is 0 Å². The Labute approximate surface area is 223 Å². The molecule has 4 rings (SSSR count). The van der Waals surface area contributed by atoms with E-state index in [-0.39, 0.29) is 16.2 Å². The monoisotopic (exact) mass is 492 g/mol. The second-order valence-corrected chi connectivity index (χ2v) is 13.0. The van der Waals surface area contributed by atoms with Gasteiger partial charge in [-0.25, -0.2) is 0 Å². The summed E-state index contributed by atoms with van der Waals surface area (Å²) in [6, 6.07) is 23.2. The van der Waals surface area contributed by atoms with E-state index < -0.39 is 0 Å². The smallest absolute Gasteiger partial charge is 0.128 e. The topological polar surface area (TPSA) is 35.0 Å². The van der Waals surface area contributed by atoms with Crippen LogP contribution >= 0.6 is 0 Å². The minimum absolute atomic E-state index is 0.0328. The molecule has 0 aliphatic heterocycles. The highest BCUT2D eigenvalue weighted by molar-refractivity contribution is 5.65. The van der Waals surface area contributed by atoms with Crippen molar-refractivity contribution in [1.29, 1.82) is 0 Å². The number of rotatable bonds is 4. The van der Waals surface area contributed by atoms with E-state index in [2.05, 4.69) is 122 Å². The minimum Gasteiger partial charge on any atom is -0.457 e. The second-order valence-electron chi connectivity index (χ2n) is 13.0. The van der Waals surface area contributed by atoms with Gasteiger partial charge < -0.3 is 4.74 Å². The lowest BCUT2D eigenvalue weighted by molar-refractivity contribution is 0.479. The number of aromatic nitrogens is 2. The van der Waals surface area contributed by atoms with E-state index in [0.717, 1.165) is 34.0 Å². The Morgan fingerprint density at radius 3 is 1.54 bits per heavy atom. The van der Waals surface area contributed by atoms with Gasteiger partial charge in [0.1, 0.15) is 11.5 Å². The van der Waals surface area contributed by atoms with E-state index in [1.807, 2.05) is 24.5 Å². The third-order valence-corrected chi connectivity index (χ3v) is 6.69. The molecule has 2 heterocycles. The molecule has 0 fully saturated rings. The predicted octanol–water partition coefficient (Wildman–Crippen LogP) is 9.50. The summed E-state index contributed by atoms with van der Waals surface area (Å²) in [5, 5.41) is 0. The summed E-state index contributed by atoms with van der Waals surface area (Å²) in [5.74, 6) is 1.59. The van der Waals surface area contributed by atoms with Crippen molar-refractivity contribution in [3.05, 3.63) is 95.8 Å². The molecule has 4 aromatic rings. The van der Waals surface area contributed by atoms with Gasteiger partial charge in [0.25, 0.3) is 0 Å². The van der Waals surface area contributed by atoms with E-state index in [1.54, 1.807) is 0 Å². The van der Waals surface area contributed by atoms with Gasteiger partial charge in [0, 0.05) is 23.5 Å². The fraction of sp³-hybridized carbons (Fsp3) is 0.353. The SMILES string of the molecule is CC(C)(C)c1cc(Oc2cccc(-c3cc(C(C)(C)C)ccn3)c2)cc(-c2cc(C(C)(C)C)ccn2)c1. The first-order valence-corrected chi connectivity index (χ1v) is 13.1. The van der Waals surface area contributed by atoms with Crippen molar-refractivity contribution < 1.29 is 4.74 Å². The zero-order valence-corrected chi connectivity index (χ0v) is 23.8. The molecular weight excluding hydrogens is 452 g/mol. The molecule has 0 saturated carbocycles. The Kier molecular flexibility index (Phi) is 7.03. The Morgan fingerprint density at radius 1 is 0.486 bits per heavy atom. The van der Waals surface area contributed by atoms with Gasteiger partial charge in [-0.05, 0) is 87.5 Å². The zero-order valence-electron chi connectivity index (χ0n) is 23.8. The standard InChI is InChI=1S/C34H40N2O/c1-32(2,3)25-13-15-35-30(21-25)23-11-10-12-28(18-23)37-29-19-24(17-27(20-29)34(7,8)9)31-22-26(14-16-36-31)33(4,5)6/h10-22H,1-9H3. The van der Waals surface area contributed by atoms with E-state index in [0.29, 0.717) is 0 Å². The molecule has 37 heavy (non-hydrogen) atoms. The Hall–Kier alpha value is -3.46. The molecule has 0 amide bonds. The number of pyridine rings is 2. The maximum Gasteiger partial charge on any atom is 0.128 e. The van der Waals surface area contributed by atoms with Crippen molar-refractivity contribution >= 4 is 0 Å². The average Bonchev–Trinajstić information content (AvgIpc) is 2.83. The maximum absolute atomic E-state index is 6.48. The summed E-state index contributed by atoms with van der Waals surface area (Å²) in [6.07, 6.45) is 3.80. The Bertz CT molecular complexity index is 1400. The highest BCUT2D eigenvalue weighted by atomic mass is 16.5. The molecule has 2 aromatic heterocycles. The quantitative estimate of drug-likeness (QED) is 0.284. The van der Waals surface area contributed by atoms with Gasteiger partial charge >= 0.3 is 0 Å². The highest BCUT2D eigenvalue weighted by Gasteiger charge is 2.19. The first kappa shape index (κ1) is 26.6. The Morgan fingerprint density at radius 2 is 1.00 bits per heavy atom. The van der Waals surface area contributed by atoms with Crippen LogP contribution in [0.5, 0.6) is 11.5 Å². The molecule has 0 unspecified atom stereocenters. The van der Waals surface area contributed by atoms with Crippen molar-refractivity contribution in [3.63, 3.8) is 0 Å². The molecule has 0 saturated heterocycles. The molecule has 0 radical (unpaired) electrons. The molecule has 3 nitrogen and oxygen atoms in total. The van der Waals surface area contributed by atoms with Crippen LogP contribution in [0.3, 0.4) is 0 Å². The highest BCUT2D eigenvalue weighted by Crippen LogP contribution is 2.36. The number of hydrogen-bond acceptors (Lipinski definition) is 3. The fourth-order valence-electron chi connectivity index (χ4n) is 4.20. The lowest BCUT2D eigenvalue weighted by atomic mass is 9.84. The number of nitrogens with zero attached hydrogens (tertiary/aromatic N) is 2. The van der Waals surface area contributed by atoms with Crippen molar-refractivity contribution in [2.45, 2.75) is 78.6 Å². The van der Waals surface area contributed by atoms with E-state index in [1.165, 1.54) is 16.7 Å². The van der Waals surface area contributed by atoms with Gasteiger partial charge in [-0.1, -0.05) is 74.4 Å². The van der Waals surface area contributed by atoms with E-state index in [9.17, 15) is 0 Å². The third-order valence-electron chi connectivity index (χ3n) is 6.69. The lowest BCUT2D eigenvalue weighted by Gasteiger charge is -2.22. The number of ether oxygens (including phenoxy) is 1. The van der Waals surface area contributed by atoms with Crippen LogP contribution in [0.2, 0.25) is 0 Å². The molecule has 0 spiro atoms. The second kappa shape index (κ2) is 9.78. The summed E-state index contributed by atoms with van der Waals surface area (Å²) < 4.78 is 6.48. The van der Waals surface area contributed by atoms with Crippen LogP contribution in [0.25, 0.3) is 22.5 Å². The van der Waals surface area contributed by atoms with Crippen molar-refractivity contribution in [2.24, 2.45) is 0 Å². The van der Waals surface area contributed by atoms with E-state index >= 15 is 0 Å². The van der Waals surface area contributed by atoms with Crippen LogP contribution in [-0.2, 0) is 16.2 Å². The third kappa shape index (κ3) is 6.46. The zero-order chi connectivity index (χ0) is 27.0. The minimum atomic E-state index is -0.0328. The normalized spacial score (nSPS) is 12.5. The molecule has 0 aliphatic rings. The fourth-order valence-corrected chi connectivity index (χ4v) is 4.20. The van der Waals surface area contributed by atoms with Gasteiger partial charge in [0.2, 0.25) is 0 Å². The van der Waals surface area contributed by atoms with Crippen LogP contribution < -0.4 is 4.74 Å². The largest absolute Gasteiger partial charge is 0.457 e. The predicted molar refractivity (Wildman–Crippen MR) is 156 cm³/mol. The summed E-state index contributed by atoms with van der Waals surface area (Å²) in [7, 11) is 0. The first-order chi connectivity index (χ1) is 17.2. The molecule has 0 N–H and O–H groups in total. The van der Waals surface area contributed by atoms with Crippen LogP contribution in [0.15, 0.2) is 79.1 Å². The van der Waals surface area contributed by atoms with Gasteiger partial charge in [0.05, 0.1) is 11.4 Å². The number of benzene rings is 2. The van der Waals surface area contributed by atoms with Crippen LogP contribution in [0.4, 0.5) is 0 Å². The average molecular weight is 493 g/mol. The van der Waals surface area contributed by atoms with Gasteiger partial charge in [-0.2, -0.15) is 0 Å². The van der Waals surface area contributed by atoms with Crippen LogP contribution in [-0.4, -0.2) is 9.97 Å². The summed E-state index contributed by atoms with van der Waals surface area (Å²) in [5.41, 5.74) is 7.82. The van der Waals surface area contributed by atoms with Crippen molar-refractivity contribution in [1.82, 2.24) is 9.97 Å². The van der Waals surface area contributed by atoms with Crippen molar-refractivity contribution in [3.8, 4) is 34.0 Å². The molecule has 2 aromatic carbocycles. The molecule has 0 atom stereocenters. The van der Waals surface area contributed by atoms with Gasteiger partial charge in [0.15, 0.2) is 0 Å². The number of hydrogen-bond donors (Lipinski definition) is 0. The van der Waals surface area contributed by atoms with Gasteiger partial charge in [-0.3, -0.25) is 9.97 Å². The Balaban J connectivity index is 1.73. The summed E-state index contributed by atoms with van der Waals surface area (Å²) in [4.78, 5) is 9.35. The summed E-state index contributed by atoms with van der Waals surface area (Å²) >= 11 is 0. The molecule has 192 valence electrons. The van der Waals surface area contributed by atoms with Crippen LogP contribution in [0, 0.1) is 0 Å². The molecule has 0 aliphatic carbocycles. The maximum atomic E-state index is 6.48. The van der Waals surface area contributed by atoms with E-state index in [4.69, 9.17) is 9.72 Å². The molecular formula is C34H40N2O. The lowest BCUT2D eigenvalue weighted by Crippen LogP contribution is -2.12. The first-order valence-electron chi connectivity index (χ1n) is 13.1. The molecule has 3 heteroatoms. The van der Waals surface area contributed by atoms with Crippen LogP contribution in [0.1, 0.15) is 79.0 Å². The van der Waals surface area contributed by atoms with Gasteiger partial charge in [-0.15, -0.1) is 0 Å². The molecule has 0 bridgehead atoms.